The van der Waals surface area contributed by atoms with Crippen LogP contribution in [0.15, 0.2) is 36.7 Å². The second kappa shape index (κ2) is 11.9. The van der Waals surface area contributed by atoms with E-state index in [1.165, 1.54) is 0 Å². The van der Waals surface area contributed by atoms with Crippen LogP contribution in [0.25, 0.3) is 22.2 Å². The summed E-state index contributed by atoms with van der Waals surface area (Å²) in [7, 11) is -1.70. The largest absolute Gasteiger partial charge is 0.494 e. The molecule has 1 amide bonds. The van der Waals surface area contributed by atoms with Crippen molar-refractivity contribution in [3.8, 4) is 11.3 Å². The number of pyridine rings is 1. The van der Waals surface area contributed by atoms with E-state index in [1.807, 2.05) is 44.1 Å². The number of rotatable bonds is 8. The van der Waals surface area contributed by atoms with Gasteiger partial charge < -0.3 is 23.3 Å². The molecule has 0 saturated carbocycles. The number of nitrogens with zero attached hydrogens (tertiary/aromatic N) is 4. The van der Waals surface area contributed by atoms with Gasteiger partial charge in [-0.05, 0) is 84.9 Å². The highest BCUT2D eigenvalue weighted by atomic mass is 28.3. The predicted molar refractivity (Wildman–Crippen MR) is 178 cm³/mol. The molecule has 0 unspecified atom stereocenters. The Kier molecular flexibility index (Phi) is 8.83. The van der Waals surface area contributed by atoms with Gasteiger partial charge in [0.05, 0.1) is 34.7 Å². The summed E-state index contributed by atoms with van der Waals surface area (Å²) in [5.74, 6) is 0.813. The van der Waals surface area contributed by atoms with Crippen LogP contribution in [0.1, 0.15) is 73.2 Å². The van der Waals surface area contributed by atoms with Crippen molar-refractivity contribution in [1.82, 2.24) is 19.4 Å². The number of hydrogen-bond acceptors (Lipinski definition) is 7. The maximum atomic E-state index is 13.2. The molecule has 2 fully saturated rings. The third-order valence-corrected chi connectivity index (χ3v) is 10.5. The molecule has 2 aromatic heterocycles. The average Bonchev–Trinajstić information content (AvgIpc) is 3.60. The molecule has 2 saturated heterocycles. The smallest absolute Gasteiger partial charge is 0.444 e. The monoisotopic (exact) mass is 620 g/mol. The average molecular weight is 621 g/mol. The molecule has 11 heteroatoms. The second-order valence-electron chi connectivity index (χ2n) is 15.4. The van der Waals surface area contributed by atoms with Crippen LogP contribution in [-0.4, -0.2) is 70.7 Å². The molecule has 0 aliphatic carbocycles. The van der Waals surface area contributed by atoms with E-state index in [-0.39, 0.29) is 12.1 Å². The molecule has 9 nitrogen and oxygen atoms in total. The highest BCUT2D eigenvalue weighted by Crippen LogP contribution is 2.37. The van der Waals surface area contributed by atoms with Gasteiger partial charge in [0, 0.05) is 38.4 Å². The summed E-state index contributed by atoms with van der Waals surface area (Å²) >= 11 is 0. The molecule has 3 aromatic rings. The topological polar surface area (TPSA) is 87.9 Å². The van der Waals surface area contributed by atoms with Crippen molar-refractivity contribution in [2.24, 2.45) is 0 Å². The Morgan fingerprint density at radius 2 is 1.77 bits per heavy atom. The number of carbonyl (C=O) groups is 1. The number of aromatic nitrogens is 3. The Bertz CT molecular complexity index is 1490. The fraction of sp³-hybridized carbons (Fsp3) is 0.606. The predicted octanol–water partition coefficient (Wildman–Crippen LogP) is 6.78. The van der Waals surface area contributed by atoms with Gasteiger partial charge >= 0.3 is 13.2 Å². The van der Waals surface area contributed by atoms with Crippen molar-refractivity contribution in [3.05, 3.63) is 42.5 Å². The van der Waals surface area contributed by atoms with Crippen molar-refractivity contribution in [3.63, 3.8) is 0 Å². The van der Waals surface area contributed by atoms with Gasteiger partial charge in [-0.15, -0.1) is 0 Å². The maximum absolute atomic E-state index is 13.2. The molecule has 0 radical (unpaired) electrons. The molecule has 0 bridgehead atoms. The van der Waals surface area contributed by atoms with E-state index >= 15 is 0 Å². The molecule has 1 aromatic carbocycles. The summed E-state index contributed by atoms with van der Waals surface area (Å²) in [6.45, 7) is 22.6. The lowest BCUT2D eigenvalue weighted by Crippen LogP contribution is -2.41. The van der Waals surface area contributed by atoms with Crippen molar-refractivity contribution >= 4 is 37.7 Å². The van der Waals surface area contributed by atoms with Gasteiger partial charge in [0.25, 0.3) is 0 Å². The Balaban J connectivity index is 1.45. The maximum Gasteiger partial charge on any atom is 0.494 e. The van der Waals surface area contributed by atoms with Gasteiger partial charge in [0.1, 0.15) is 18.2 Å². The third kappa shape index (κ3) is 7.06. The first-order valence-electron chi connectivity index (χ1n) is 15.8. The van der Waals surface area contributed by atoms with E-state index < -0.39 is 32.0 Å². The lowest BCUT2D eigenvalue weighted by atomic mass is 9.78. The van der Waals surface area contributed by atoms with Crippen molar-refractivity contribution in [1.29, 1.82) is 0 Å². The minimum atomic E-state index is -1.25. The van der Waals surface area contributed by atoms with E-state index in [1.54, 1.807) is 0 Å². The van der Waals surface area contributed by atoms with Gasteiger partial charge in [0.2, 0.25) is 0 Å². The summed E-state index contributed by atoms with van der Waals surface area (Å²) < 4.78 is 26.7. The zero-order valence-corrected chi connectivity index (χ0v) is 29.2. The Morgan fingerprint density at radius 3 is 2.43 bits per heavy atom. The van der Waals surface area contributed by atoms with E-state index in [0.717, 1.165) is 52.3 Å². The lowest BCUT2D eigenvalue weighted by molar-refractivity contribution is 0.00578. The molecule has 2 aliphatic rings. The quantitative estimate of drug-likeness (QED) is 0.203. The molecular weight excluding hydrogens is 571 g/mol. The number of fused-ring (bicyclic) bond motifs is 1. The van der Waals surface area contributed by atoms with Crippen LogP contribution in [-0.2, 0) is 25.5 Å². The fourth-order valence-corrected chi connectivity index (χ4v) is 6.29. The van der Waals surface area contributed by atoms with Gasteiger partial charge in [-0.1, -0.05) is 31.8 Å². The summed E-state index contributed by atoms with van der Waals surface area (Å²) in [5, 5.41) is 1.01. The first-order valence-corrected chi connectivity index (χ1v) is 19.5. The number of likely N-dealkylation sites (tertiary alicyclic amines) is 1. The molecule has 238 valence electrons. The molecule has 0 spiro atoms. The van der Waals surface area contributed by atoms with Crippen LogP contribution in [0.4, 0.5) is 4.79 Å². The Hall–Kier alpha value is -2.73. The minimum absolute atomic E-state index is 0.185. The van der Waals surface area contributed by atoms with Gasteiger partial charge in [-0.25, -0.2) is 9.78 Å². The van der Waals surface area contributed by atoms with E-state index in [4.69, 9.17) is 28.8 Å². The van der Waals surface area contributed by atoms with Crippen LogP contribution >= 0.6 is 0 Å². The van der Waals surface area contributed by atoms with Crippen LogP contribution in [0.5, 0.6) is 0 Å². The van der Waals surface area contributed by atoms with Gasteiger partial charge in [0.15, 0.2) is 0 Å². The van der Waals surface area contributed by atoms with E-state index in [2.05, 4.69) is 70.1 Å². The van der Waals surface area contributed by atoms with Crippen LogP contribution in [0, 0.1) is 0 Å². The summed E-state index contributed by atoms with van der Waals surface area (Å²) in [4.78, 5) is 24.7. The molecule has 5 rings (SSSR count). The number of amides is 1. The number of ether oxygens (including phenoxy) is 2. The van der Waals surface area contributed by atoms with Crippen LogP contribution in [0.2, 0.25) is 25.7 Å². The van der Waals surface area contributed by atoms with Crippen molar-refractivity contribution < 1.29 is 23.6 Å². The highest BCUT2D eigenvalue weighted by molar-refractivity contribution is 6.76. The molecular formula is C33H49BN4O5Si. The number of benzene rings is 1. The SMILES string of the molecule is CC(C)(C)OC(=O)N1CCC[C@H]1c1ncc(-c2cnc3cc(B4OC(C)(C)C(C)(C)O4)ccc3c2)n1COCC[Si](C)(C)C. The molecule has 2 aliphatic heterocycles. The molecule has 4 heterocycles. The summed E-state index contributed by atoms with van der Waals surface area (Å²) in [6, 6.07) is 9.18. The second-order valence-corrected chi connectivity index (χ2v) is 21.0. The third-order valence-electron chi connectivity index (χ3n) is 8.81. The fourth-order valence-electron chi connectivity index (χ4n) is 5.53. The van der Waals surface area contributed by atoms with E-state index in [0.29, 0.717) is 19.9 Å². The van der Waals surface area contributed by atoms with Crippen LogP contribution < -0.4 is 5.46 Å². The normalized spacial score (nSPS) is 20.1. The zero-order chi connectivity index (χ0) is 32.1. The number of imidazole rings is 1. The summed E-state index contributed by atoms with van der Waals surface area (Å²) in [6.07, 6.45) is 5.18. The number of carbonyl (C=O) groups excluding carboxylic acids is 1. The minimum Gasteiger partial charge on any atom is -0.444 e. The lowest BCUT2D eigenvalue weighted by Gasteiger charge is -2.32. The summed E-state index contributed by atoms with van der Waals surface area (Å²) in [5.41, 5.74) is 2.28. The van der Waals surface area contributed by atoms with Gasteiger partial charge in [-0.3, -0.25) is 9.88 Å². The molecule has 1 atom stereocenters. The van der Waals surface area contributed by atoms with Gasteiger partial charge in [-0.2, -0.15) is 0 Å². The number of hydrogen-bond donors (Lipinski definition) is 0. The van der Waals surface area contributed by atoms with Crippen LogP contribution in [0.3, 0.4) is 0 Å². The standard InChI is InChI=1S/C33H49BN4O5Si/c1-31(2,3)41-30(39)37-15-11-12-27(37)29-36-21-28(38(29)22-40-16-17-44(8,9)10)24-18-23-13-14-25(19-26(23)35-20-24)34-42-32(4,5)33(6,7)43-34/h13-14,18-21,27H,11-12,15-17,22H2,1-10H3/t27-/m0/s1. The van der Waals surface area contributed by atoms with Crippen molar-refractivity contribution in [2.45, 2.75) is 117 Å². The van der Waals surface area contributed by atoms with E-state index in [9.17, 15) is 4.79 Å². The first kappa shape index (κ1) is 32.7. The van der Waals surface area contributed by atoms with Crippen molar-refractivity contribution in [2.75, 3.05) is 13.2 Å². The highest BCUT2D eigenvalue weighted by Gasteiger charge is 2.51. The Labute approximate surface area is 263 Å². The molecule has 0 N–H and O–H groups in total. The molecule has 44 heavy (non-hydrogen) atoms. The Morgan fingerprint density at radius 1 is 1.07 bits per heavy atom. The zero-order valence-electron chi connectivity index (χ0n) is 28.2. The first-order chi connectivity index (χ1) is 20.4.